The largest absolute Gasteiger partial charge is 0.398 e. The molecule has 3 rings (SSSR count). The lowest BCUT2D eigenvalue weighted by atomic mass is 10.1. The molecular formula is C17H17N3O. The first-order chi connectivity index (χ1) is 10.3. The molecule has 0 saturated carbocycles. The normalized spacial score (nSPS) is 10.7. The second-order valence-electron chi connectivity index (χ2n) is 4.96. The van der Waals surface area contributed by atoms with Gasteiger partial charge in [0.25, 0.3) is 0 Å². The fourth-order valence-corrected chi connectivity index (χ4v) is 2.40. The predicted octanol–water partition coefficient (Wildman–Crippen LogP) is 2.92. The Kier molecular flexibility index (Phi) is 3.71. The highest BCUT2D eigenvalue weighted by Gasteiger charge is 2.04. The molecule has 106 valence electrons. The summed E-state index contributed by atoms with van der Waals surface area (Å²) in [4.78, 5) is 4.12. The Bertz CT molecular complexity index is 771. The van der Waals surface area contributed by atoms with Gasteiger partial charge in [-0.15, -0.1) is 0 Å². The number of nitrogens with one attached hydrogen (secondary N) is 1. The van der Waals surface area contributed by atoms with Crippen LogP contribution in [0.2, 0.25) is 0 Å². The van der Waals surface area contributed by atoms with Crippen molar-refractivity contribution in [3.63, 3.8) is 0 Å². The Labute approximate surface area is 123 Å². The fourth-order valence-electron chi connectivity index (χ4n) is 2.40. The van der Waals surface area contributed by atoms with E-state index >= 15 is 0 Å². The minimum absolute atomic E-state index is 0.0598. The Morgan fingerprint density at radius 3 is 2.76 bits per heavy atom. The molecule has 0 radical (unpaired) electrons. The average molecular weight is 279 g/mol. The molecule has 1 heterocycles. The zero-order valence-electron chi connectivity index (χ0n) is 11.6. The smallest absolute Gasteiger partial charge is 0.0681 e. The first-order valence-corrected chi connectivity index (χ1v) is 6.82. The number of aliphatic hydroxyl groups is 1. The number of pyridine rings is 1. The van der Waals surface area contributed by atoms with Crippen LogP contribution in [0.1, 0.15) is 11.1 Å². The van der Waals surface area contributed by atoms with Gasteiger partial charge in [-0.2, -0.15) is 0 Å². The van der Waals surface area contributed by atoms with E-state index in [1.807, 2.05) is 42.5 Å². The van der Waals surface area contributed by atoms with Gasteiger partial charge in [-0.05, 0) is 29.3 Å². The molecule has 3 aromatic rings. The Morgan fingerprint density at radius 2 is 1.90 bits per heavy atom. The Hall–Kier alpha value is -2.59. The van der Waals surface area contributed by atoms with Gasteiger partial charge in [0.1, 0.15) is 0 Å². The summed E-state index contributed by atoms with van der Waals surface area (Å²) in [5.74, 6) is 0. The molecule has 0 saturated heterocycles. The van der Waals surface area contributed by atoms with Crippen molar-refractivity contribution in [2.24, 2.45) is 0 Å². The molecule has 4 heteroatoms. The maximum Gasteiger partial charge on any atom is 0.0681 e. The topological polar surface area (TPSA) is 71.2 Å². The van der Waals surface area contributed by atoms with Crippen LogP contribution in [0.4, 0.5) is 11.4 Å². The van der Waals surface area contributed by atoms with Crippen molar-refractivity contribution < 1.29 is 5.11 Å². The molecular weight excluding hydrogens is 262 g/mol. The molecule has 0 spiro atoms. The zero-order valence-corrected chi connectivity index (χ0v) is 11.6. The molecule has 0 amide bonds. The molecule has 2 aromatic carbocycles. The molecule has 4 N–H and O–H groups in total. The molecule has 1 aromatic heterocycles. The van der Waals surface area contributed by atoms with E-state index < -0.39 is 0 Å². The Morgan fingerprint density at radius 1 is 1.05 bits per heavy atom. The van der Waals surface area contributed by atoms with E-state index in [4.69, 9.17) is 5.73 Å². The van der Waals surface area contributed by atoms with Crippen LogP contribution in [0, 0.1) is 0 Å². The van der Waals surface area contributed by atoms with Crippen LogP contribution in [0.5, 0.6) is 0 Å². The van der Waals surface area contributed by atoms with E-state index in [9.17, 15) is 5.11 Å². The number of hydrogen-bond donors (Lipinski definition) is 3. The SMILES string of the molecule is Nc1ccc(NCc2cccc(CO)c2)c2ccncc12. The average Bonchev–Trinajstić information content (AvgIpc) is 2.55. The molecule has 0 fully saturated rings. The third kappa shape index (κ3) is 2.80. The molecule has 0 bridgehead atoms. The zero-order chi connectivity index (χ0) is 14.7. The Balaban J connectivity index is 1.87. The molecule has 0 aliphatic heterocycles. The molecule has 0 aliphatic rings. The van der Waals surface area contributed by atoms with Crippen LogP contribution in [0.15, 0.2) is 54.9 Å². The van der Waals surface area contributed by atoms with Crippen molar-refractivity contribution in [1.29, 1.82) is 0 Å². The van der Waals surface area contributed by atoms with Crippen molar-refractivity contribution >= 4 is 22.1 Å². The summed E-state index contributed by atoms with van der Waals surface area (Å²) in [6, 6.07) is 13.7. The number of nitrogens with two attached hydrogens (primary N) is 1. The highest BCUT2D eigenvalue weighted by atomic mass is 16.3. The highest BCUT2D eigenvalue weighted by Crippen LogP contribution is 2.27. The summed E-state index contributed by atoms with van der Waals surface area (Å²) >= 11 is 0. The van der Waals surface area contributed by atoms with Gasteiger partial charge >= 0.3 is 0 Å². The van der Waals surface area contributed by atoms with E-state index in [1.165, 1.54) is 0 Å². The predicted molar refractivity (Wildman–Crippen MR) is 85.8 cm³/mol. The highest BCUT2D eigenvalue weighted by molar-refractivity contribution is 6.00. The van der Waals surface area contributed by atoms with Gasteiger partial charge in [0.05, 0.1) is 6.61 Å². The van der Waals surface area contributed by atoms with Crippen LogP contribution < -0.4 is 11.1 Å². The molecule has 0 atom stereocenters. The number of hydrogen-bond acceptors (Lipinski definition) is 4. The number of benzene rings is 2. The van der Waals surface area contributed by atoms with Gasteiger partial charge in [-0.1, -0.05) is 24.3 Å². The summed E-state index contributed by atoms with van der Waals surface area (Å²) in [6.07, 6.45) is 3.54. The maximum absolute atomic E-state index is 9.18. The second-order valence-corrected chi connectivity index (χ2v) is 4.96. The van der Waals surface area contributed by atoms with Crippen LogP contribution in [-0.4, -0.2) is 10.1 Å². The van der Waals surface area contributed by atoms with Crippen molar-refractivity contribution in [3.05, 3.63) is 66.0 Å². The summed E-state index contributed by atoms with van der Waals surface area (Å²) < 4.78 is 0. The lowest BCUT2D eigenvalue weighted by Gasteiger charge is -2.11. The number of nitrogen functional groups attached to an aromatic ring is 1. The number of rotatable bonds is 4. The van der Waals surface area contributed by atoms with Gasteiger partial charge in [0.2, 0.25) is 0 Å². The minimum Gasteiger partial charge on any atom is -0.398 e. The molecule has 0 unspecified atom stereocenters. The second kappa shape index (κ2) is 5.81. The van der Waals surface area contributed by atoms with Crippen molar-refractivity contribution in [2.75, 3.05) is 11.1 Å². The van der Waals surface area contributed by atoms with Crippen molar-refractivity contribution in [3.8, 4) is 0 Å². The van der Waals surface area contributed by atoms with E-state index in [2.05, 4.69) is 10.3 Å². The van der Waals surface area contributed by atoms with E-state index in [0.29, 0.717) is 6.54 Å². The molecule has 4 nitrogen and oxygen atoms in total. The number of anilines is 2. The molecule has 21 heavy (non-hydrogen) atoms. The number of nitrogens with zero attached hydrogens (tertiary/aromatic N) is 1. The van der Waals surface area contributed by atoms with Gasteiger partial charge in [0.15, 0.2) is 0 Å². The minimum atomic E-state index is 0.0598. The summed E-state index contributed by atoms with van der Waals surface area (Å²) in [5.41, 5.74) is 9.77. The van der Waals surface area contributed by atoms with Crippen molar-refractivity contribution in [2.45, 2.75) is 13.2 Å². The van der Waals surface area contributed by atoms with Gasteiger partial charge in [-0.3, -0.25) is 4.98 Å². The maximum atomic E-state index is 9.18. The van der Waals surface area contributed by atoms with Crippen LogP contribution in [0.3, 0.4) is 0 Å². The number of fused-ring (bicyclic) bond motifs is 1. The van der Waals surface area contributed by atoms with Gasteiger partial charge in [0, 0.05) is 41.1 Å². The first-order valence-electron chi connectivity index (χ1n) is 6.82. The lowest BCUT2D eigenvalue weighted by molar-refractivity contribution is 0.281. The van der Waals surface area contributed by atoms with E-state index in [-0.39, 0.29) is 6.61 Å². The fraction of sp³-hybridized carbons (Fsp3) is 0.118. The van der Waals surface area contributed by atoms with Crippen molar-refractivity contribution in [1.82, 2.24) is 4.98 Å². The van der Waals surface area contributed by atoms with E-state index in [1.54, 1.807) is 12.4 Å². The standard InChI is InChI=1S/C17H17N3O/c18-16-4-5-17(14-6-7-19-10-15(14)16)20-9-12-2-1-3-13(8-12)11-21/h1-8,10,20-21H,9,11,18H2. The van der Waals surface area contributed by atoms with Gasteiger partial charge in [-0.25, -0.2) is 0 Å². The molecule has 0 aliphatic carbocycles. The quantitative estimate of drug-likeness (QED) is 0.642. The van der Waals surface area contributed by atoms with Crippen LogP contribution in [0.25, 0.3) is 10.8 Å². The lowest BCUT2D eigenvalue weighted by Crippen LogP contribution is -2.01. The van der Waals surface area contributed by atoms with E-state index in [0.717, 1.165) is 33.3 Å². The van der Waals surface area contributed by atoms with Crippen LogP contribution >= 0.6 is 0 Å². The number of aromatic nitrogens is 1. The summed E-state index contributed by atoms with van der Waals surface area (Å²) in [7, 11) is 0. The van der Waals surface area contributed by atoms with Crippen LogP contribution in [-0.2, 0) is 13.2 Å². The third-order valence-electron chi connectivity index (χ3n) is 3.51. The van der Waals surface area contributed by atoms with Gasteiger partial charge < -0.3 is 16.2 Å². The third-order valence-corrected chi connectivity index (χ3v) is 3.51. The first kappa shape index (κ1) is 13.4. The summed E-state index contributed by atoms with van der Waals surface area (Å²) in [5, 5.41) is 14.6. The number of aliphatic hydroxyl groups excluding tert-OH is 1. The monoisotopic (exact) mass is 279 g/mol. The summed E-state index contributed by atoms with van der Waals surface area (Å²) in [6.45, 7) is 0.749.